The average Bonchev–Trinajstić information content (AvgIpc) is 3.51. The second-order valence-electron chi connectivity index (χ2n) is 18.1. The van der Waals surface area contributed by atoms with Crippen LogP contribution >= 0.6 is 0 Å². The van der Waals surface area contributed by atoms with Gasteiger partial charge in [0.05, 0.1) is 0 Å². The van der Waals surface area contributed by atoms with E-state index in [-0.39, 0.29) is 6.71 Å². The molecular weight excluding hydrogens is 651 g/mol. The standard InChI is InChI=1S/C52H51BO/c1-32-20-34(3)49(35(4)21-32)53(50-36(5)22-33(2)23-37(50)6)44-17-19-48-46(26-44)45-25-41(14-18-47(45)54-48)40-12-15-43(16-13-40)52-29-38-24-39(30-52)28-51(27-38,31-52)42-10-8-7-9-11-42/h7-23,25-26,38-39H,24,27-31H2,1-6H3. The van der Waals surface area contributed by atoms with Crippen LogP contribution in [0.3, 0.4) is 0 Å². The van der Waals surface area contributed by atoms with E-state index in [1.165, 1.54) is 110 Å². The highest BCUT2D eigenvalue weighted by molar-refractivity contribution is 6.96. The Kier molecular flexibility index (Phi) is 7.72. The molecule has 2 atom stereocenters. The topological polar surface area (TPSA) is 13.1 Å². The van der Waals surface area contributed by atoms with Gasteiger partial charge < -0.3 is 4.42 Å². The van der Waals surface area contributed by atoms with Gasteiger partial charge in [0, 0.05) is 10.8 Å². The van der Waals surface area contributed by atoms with Crippen LogP contribution in [0.15, 0.2) is 120 Å². The van der Waals surface area contributed by atoms with Gasteiger partial charge in [0.25, 0.3) is 0 Å². The molecule has 11 rings (SSSR count). The van der Waals surface area contributed by atoms with E-state index in [1.807, 2.05) is 0 Å². The van der Waals surface area contributed by atoms with Crippen molar-refractivity contribution >= 4 is 45.0 Å². The Morgan fingerprint density at radius 3 is 1.54 bits per heavy atom. The Hall–Kier alpha value is -4.82. The van der Waals surface area contributed by atoms with Gasteiger partial charge in [0.2, 0.25) is 6.71 Å². The van der Waals surface area contributed by atoms with Crippen molar-refractivity contribution in [2.45, 2.75) is 90.9 Å². The zero-order valence-electron chi connectivity index (χ0n) is 32.9. The number of furan rings is 1. The van der Waals surface area contributed by atoms with Crippen molar-refractivity contribution < 1.29 is 4.42 Å². The molecule has 0 aliphatic heterocycles. The monoisotopic (exact) mass is 702 g/mol. The first kappa shape index (κ1) is 33.7. The zero-order valence-corrected chi connectivity index (χ0v) is 32.9. The van der Waals surface area contributed by atoms with Crippen molar-refractivity contribution in [2.75, 3.05) is 0 Å². The molecule has 4 saturated carbocycles. The van der Waals surface area contributed by atoms with Gasteiger partial charge in [-0.2, -0.15) is 0 Å². The van der Waals surface area contributed by atoms with Crippen LogP contribution in [0.4, 0.5) is 0 Å². The van der Waals surface area contributed by atoms with Crippen LogP contribution in [0, 0.1) is 53.4 Å². The number of rotatable bonds is 6. The first-order valence-corrected chi connectivity index (χ1v) is 20.4. The second-order valence-corrected chi connectivity index (χ2v) is 18.1. The van der Waals surface area contributed by atoms with Crippen LogP contribution in [0.2, 0.25) is 0 Å². The molecule has 6 aromatic carbocycles. The van der Waals surface area contributed by atoms with Crippen LogP contribution in [-0.2, 0) is 10.8 Å². The molecule has 268 valence electrons. The molecule has 1 nitrogen and oxygen atoms in total. The lowest BCUT2D eigenvalue weighted by Crippen LogP contribution is -2.55. The summed E-state index contributed by atoms with van der Waals surface area (Å²) in [4.78, 5) is 0. The van der Waals surface area contributed by atoms with Crippen LogP contribution in [0.1, 0.15) is 83.0 Å². The maximum absolute atomic E-state index is 6.52. The second kappa shape index (κ2) is 12.4. The largest absolute Gasteiger partial charge is 0.456 e. The molecule has 0 radical (unpaired) electrons. The highest BCUT2D eigenvalue weighted by Crippen LogP contribution is 2.66. The minimum atomic E-state index is 0.127. The summed E-state index contributed by atoms with van der Waals surface area (Å²) in [6, 6.07) is 44.4. The summed E-state index contributed by atoms with van der Waals surface area (Å²) in [5, 5.41) is 2.38. The van der Waals surface area contributed by atoms with Gasteiger partial charge in [-0.15, -0.1) is 0 Å². The molecule has 4 aliphatic rings. The molecule has 0 spiro atoms. The molecule has 0 saturated heterocycles. The zero-order chi connectivity index (χ0) is 36.9. The summed E-state index contributed by atoms with van der Waals surface area (Å²) < 4.78 is 6.52. The van der Waals surface area contributed by atoms with Crippen LogP contribution in [-0.4, -0.2) is 6.71 Å². The van der Waals surface area contributed by atoms with Gasteiger partial charge in [-0.3, -0.25) is 0 Å². The van der Waals surface area contributed by atoms with Crippen molar-refractivity contribution in [3.8, 4) is 11.1 Å². The minimum absolute atomic E-state index is 0.127. The van der Waals surface area contributed by atoms with Crippen LogP contribution < -0.4 is 16.4 Å². The van der Waals surface area contributed by atoms with Crippen molar-refractivity contribution in [1.29, 1.82) is 0 Å². The molecule has 54 heavy (non-hydrogen) atoms. The smallest absolute Gasteiger partial charge is 0.242 e. The molecule has 0 amide bonds. The molecule has 2 unspecified atom stereocenters. The van der Waals surface area contributed by atoms with E-state index >= 15 is 0 Å². The fraction of sp³-hybridized carbons (Fsp3) is 0.308. The molecule has 1 aromatic heterocycles. The normalized spacial score (nSPS) is 23.1. The first-order valence-electron chi connectivity index (χ1n) is 20.4. The Balaban J connectivity index is 1.04. The average molecular weight is 703 g/mol. The predicted molar refractivity (Wildman–Crippen MR) is 230 cm³/mol. The molecule has 0 N–H and O–H groups in total. The summed E-state index contributed by atoms with van der Waals surface area (Å²) in [5.74, 6) is 1.70. The van der Waals surface area contributed by atoms with Crippen LogP contribution in [0.25, 0.3) is 33.1 Å². The third-order valence-electron chi connectivity index (χ3n) is 14.2. The van der Waals surface area contributed by atoms with Gasteiger partial charge in [0.15, 0.2) is 0 Å². The lowest BCUT2D eigenvalue weighted by molar-refractivity contribution is -0.0281. The van der Waals surface area contributed by atoms with E-state index in [0.717, 1.165) is 23.0 Å². The number of benzene rings is 6. The maximum atomic E-state index is 6.52. The van der Waals surface area contributed by atoms with E-state index in [1.54, 1.807) is 11.1 Å². The number of fused-ring (bicyclic) bond motifs is 3. The predicted octanol–water partition coefficient (Wildman–Crippen LogP) is 11.4. The summed E-state index contributed by atoms with van der Waals surface area (Å²) in [6.07, 6.45) is 8.21. The summed E-state index contributed by atoms with van der Waals surface area (Å²) in [7, 11) is 0. The Labute approximate surface area is 321 Å². The fourth-order valence-electron chi connectivity index (χ4n) is 12.7. The van der Waals surface area contributed by atoms with Crippen molar-refractivity contribution in [3.05, 3.63) is 160 Å². The highest BCUT2D eigenvalue weighted by Gasteiger charge is 2.58. The van der Waals surface area contributed by atoms with Gasteiger partial charge in [0.1, 0.15) is 11.2 Å². The van der Waals surface area contributed by atoms with Crippen molar-refractivity contribution in [3.63, 3.8) is 0 Å². The fourth-order valence-corrected chi connectivity index (χ4v) is 12.7. The Bertz CT molecular complexity index is 2470. The van der Waals surface area contributed by atoms with Crippen molar-refractivity contribution in [1.82, 2.24) is 0 Å². The summed E-state index contributed by atoms with van der Waals surface area (Å²) in [6.45, 7) is 13.7. The number of aryl methyl sites for hydroxylation is 6. The molecule has 4 fully saturated rings. The van der Waals surface area contributed by atoms with E-state index < -0.39 is 0 Å². The third-order valence-corrected chi connectivity index (χ3v) is 14.2. The first-order chi connectivity index (χ1) is 26.1. The molecular formula is C52H51BO. The maximum Gasteiger partial charge on any atom is 0.242 e. The summed E-state index contributed by atoms with van der Waals surface area (Å²) >= 11 is 0. The minimum Gasteiger partial charge on any atom is -0.456 e. The lowest BCUT2D eigenvalue weighted by atomic mass is 9.34. The molecule has 4 bridgehead atoms. The molecule has 7 aromatic rings. The Morgan fingerprint density at radius 2 is 0.981 bits per heavy atom. The van der Waals surface area contributed by atoms with E-state index in [4.69, 9.17) is 4.42 Å². The quantitative estimate of drug-likeness (QED) is 0.157. The van der Waals surface area contributed by atoms with E-state index in [0.29, 0.717) is 10.8 Å². The third kappa shape index (κ3) is 5.35. The Morgan fingerprint density at radius 1 is 0.500 bits per heavy atom. The highest BCUT2D eigenvalue weighted by atomic mass is 16.3. The number of hydrogen-bond acceptors (Lipinski definition) is 1. The molecule has 1 heterocycles. The summed E-state index contributed by atoms with van der Waals surface area (Å²) in [5.41, 5.74) is 20.4. The van der Waals surface area contributed by atoms with Crippen molar-refractivity contribution in [2.24, 2.45) is 11.8 Å². The van der Waals surface area contributed by atoms with E-state index in [2.05, 4.69) is 157 Å². The molecule has 2 heteroatoms. The van der Waals surface area contributed by atoms with Gasteiger partial charge >= 0.3 is 0 Å². The van der Waals surface area contributed by atoms with Gasteiger partial charge in [-0.25, -0.2) is 0 Å². The van der Waals surface area contributed by atoms with Gasteiger partial charge in [-0.05, 0) is 143 Å². The molecule has 4 aliphatic carbocycles. The van der Waals surface area contributed by atoms with Gasteiger partial charge in [-0.1, -0.05) is 147 Å². The SMILES string of the molecule is Cc1cc(C)c(B(c2ccc3oc4ccc(-c5ccc(C67CC8CC(CC(c9ccccc9)(C8)C6)C7)cc5)cc4c3c2)c2c(C)cc(C)cc2C)c(C)c1. The number of hydrogen-bond donors (Lipinski definition) is 0. The lowest BCUT2D eigenvalue weighted by Gasteiger charge is -2.62. The van der Waals surface area contributed by atoms with E-state index in [9.17, 15) is 0 Å². The van der Waals surface area contributed by atoms with Crippen LogP contribution in [0.5, 0.6) is 0 Å².